The number of carbonyl (C=O) groups excluding carboxylic acids is 3. The third kappa shape index (κ3) is 6.42. The molecule has 2 N–H and O–H groups in total. The molecule has 188 valence electrons. The van der Waals surface area contributed by atoms with Crippen LogP contribution in [-0.4, -0.2) is 58.5 Å². The first kappa shape index (κ1) is 27.2. The van der Waals surface area contributed by atoms with Gasteiger partial charge in [0, 0.05) is 57.6 Å². The van der Waals surface area contributed by atoms with Crippen LogP contribution in [0.4, 0.5) is 5.69 Å². The van der Waals surface area contributed by atoms with E-state index in [-0.39, 0.29) is 16.7 Å². The van der Waals surface area contributed by atoms with Crippen molar-refractivity contribution in [2.75, 3.05) is 31.9 Å². The van der Waals surface area contributed by atoms with Gasteiger partial charge in [0.2, 0.25) is 0 Å². The number of anilines is 1. The van der Waals surface area contributed by atoms with Gasteiger partial charge >= 0.3 is 0 Å². The number of nitrogens with zero attached hydrogens (tertiary/aromatic N) is 2. The van der Waals surface area contributed by atoms with Crippen LogP contribution in [0.1, 0.15) is 31.1 Å². The third-order valence-electron chi connectivity index (χ3n) is 4.91. The second-order valence-electron chi connectivity index (χ2n) is 8.35. The molecule has 0 aliphatic heterocycles. The van der Waals surface area contributed by atoms with Crippen molar-refractivity contribution in [2.45, 2.75) is 0 Å². The Morgan fingerprint density at radius 1 is 0.944 bits per heavy atom. The minimum atomic E-state index is -2.83. The number of amides is 3. The van der Waals surface area contributed by atoms with Gasteiger partial charge < -0.3 is 15.3 Å². The molecule has 3 aromatic carbocycles. The van der Waals surface area contributed by atoms with Crippen LogP contribution in [0.2, 0.25) is 10.0 Å². The molecule has 36 heavy (non-hydrogen) atoms. The maximum Gasteiger partial charge on any atom is 0.288 e. The summed E-state index contributed by atoms with van der Waals surface area (Å²) in [6.07, 6.45) is 2.53. The van der Waals surface area contributed by atoms with Gasteiger partial charge in [-0.2, -0.15) is 4.36 Å². The summed E-state index contributed by atoms with van der Waals surface area (Å²) in [5.41, 5.74) is 1.15. The topological polar surface area (TPSA) is 116 Å². The lowest BCUT2D eigenvalue weighted by Crippen LogP contribution is -2.26. The maximum atomic E-state index is 13.3. The molecule has 0 radical (unpaired) electrons. The fourth-order valence-corrected chi connectivity index (χ4v) is 4.32. The molecular weight excluding hydrogens is 525 g/mol. The molecule has 3 aromatic rings. The Bertz CT molecular complexity index is 1500. The van der Waals surface area contributed by atoms with E-state index in [4.69, 9.17) is 23.2 Å². The molecule has 0 spiro atoms. The first-order chi connectivity index (χ1) is 16.8. The van der Waals surface area contributed by atoms with Crippen molar-refractivity contribution < 1.29 is 23.7 Å². The average molecular weight is 548 g/mol. The molecule has 0 atom stereocenters. The molecule has 11 heteroatoms. The summed E-state index contributed by atoms with van der Waals surface area (Å²) in [4.78, 5) is 39.8. The second-order valence-corrected chi connectivity index (χ2v) is 11.7. The van der Waals surface area contributed by atoms with Gasteiger partial charge in [0.25, 0.3) is 17.7 Å². The Morgan fingerprint density at radius 2 is 1.64 bits per heavy atom. The van der Waals surface area contributed by atoms with Gasteiger partial charge in [-0.25, -0.2) is 4.21 Å². The quantitative estimate of drug-likeness (QED) is 0.456. The van der Waals surface area contributed by atoms with Crippen LogP contribution >= 0.6 is 23.2 Å². The molecule has 0 bridgehead atoms. The molecule has 0 aromatic heterocycles. The summed E-state index contributed by atoms with van der Waals surface area (Å²) in [6, 6.07) is 14.0. The fraction of sp³-hybridized carbons (Fsp3) is 0.160. The maximum absolute atomic E-state index is 13.3. The van der Waals surface area contributed by atoms with Crippen LogP contribution in [0.25, 0.3) is 11.1 Å². The zero-order valence-corrected chi connectivity index (χ0v) is 22.2. The molecule has 0 heterocycles. The SMILES string of the molecule is CN(C)C(=O)c1cc(O)c(C(=O)N=S(C)(C)=O)cc1C(=O)Nc1cccc(-c2ccc(Cl)cc2Cl)c1. The number of benzene rings is 3. The number of phenolic OH excluding ortho intramolecular Hbond substituents is 1. The lowest BCUT2D eigenvalue weighted by molar-refractivity contribution is 0.0820. The molecule has 3 rings (SSSR count). The lowest BCUT2D eigenvalue weighted by atomic mass is 10.00. The monoisotopic (exact) mass is 547 g/mol. The van der Waals surface area contributed by atoms with Crippen molar-refractivity contribution >= 4 is 56.3 Å². The number of carbonyl (C=O) groups is 3. The predicted molar refractivity (Wildman–Crippen MR) is 143 cm³/mol. The van der Waals surface area contributed by atoms with Gasteiger partial charge in [0.05, 0.1) is 16.7 Å². The Balaban J connectivity index is 2.06. The largest absolute Gasteiger partial charge is 0.507 e. The summed E-state index contributed by atoms with van der Waals surface area (Å²) in [7, 11) is 0.141. The van der Waals surface area contributed by atoms with Crippen molar-refractivity contribution in [3.05, 3.63) is 81.3 Å². The van der Waals surface area contributed by atoms with Crippen molar-refractivity contribution in [1.82, 2.24) is 4.90 Å². The first-order valence-corrected chi connectivity index (χ1v) is 13.5. The van der Waals surface area contributed by atoms with Crippen LogP contribution in [0.5, 0.6) is 5.75 Å². The summed E-state index contributed by atoms with van der Waals surface area (Å²) < 4.78 is 15.5. The molecule has 0 saturated heterocycles. The van der Waals surface area contributed by atoms with Crippen molar-refractivity contribution in [3.8, 4) is 16.9 Å². The Morgan fingerprint density at radius 3 is 2.25 bits per heavy atom. The van der Waals surface area contributed by atoms with E-state index in [2.05, 4.69) is 9.68 Å². The van der Waals surface area contributed by atoms with Crippen LogP contribution in [0.3, 0.4) is 0 Å². The van der Waals surface area contributed by atoms with E-state index < -0.39 is 33.2 Å². The van der Waals surface area contributed by atoms with E-state index in [1.54, 1.807) is 42.5 Å². The number of halogens is 2. The summed E-state index contributed by atoms with van der Waals surface area (Å²) in [6.45, 7) is 0. The van der Waals surface area contributed by atoms with Gasteiger partial charge in [-0.3, -0.25) is 14.4 Å². The lowest BCUT2D eigenvalue weighted by Gasteiger charge is -2.16. The number of aromatic hydroxyl groups is 1. The number of nitrogens with one attached hydrogen (secondary N) is 1. The fourth-order valence-electron chi connectivity index (χ4n) is 3.30. The molecule has 3 amide bonds. The van der Waals surface area contributed by atoms with Crippen LogP contribution in [-0.2, 0) is 9.73 Å². The number of hydrogen-bond donors (Lipinski definition) is 2. The molecule has 0 fully saturated rings. The molecule has 0 aliphatic carbocycles. The second kappa shape index (κ2) is 10.7. The zero-order chi connectivity index (χ0) is 26.8. The Kier molecular flexibility index (Phi) is 8.08. The smallest absolute Gasteiger partial charge is 0.288 e. The van der Waals surface area contributed by atoms with Gasteiger partial charge in [0.15, 0.2) is 0 Å². The van der Waals surface area contributed by atoms with Gasteiger partial charge in [0.1, 0.15) is 5.75 Å². The molecule has 0 aliphatic rings. The highest BCUT2D eigenvalue weighted by atomic mass is 35.5. The molecule has 0 saturated carbocycles. The van der Waals surface area contributed by atoms with Crippen molar-refractivity contribution in [1.29, 1.82) is 0 Å². The van der Waals surface area contributed by atoms with E-state index in [0.717, 1.165) is 12.1 Å². The normalized spacial score (nSPS) is 11.1. The van der Waals surface area contributed by atoms with E-state index in [1.807, 2.05) is 0 Å². The van der Waals surface area contributed by atoms with Crippen LogP contribution in [0.15, 0.2) is 59.0 Å². The third-order valence-corrected chi connectivity index (χ3v) is 6.07. The summed E-state index contributed by atoms with van der Waals surface area (Å²) >= 11 is 12.3. The Labute approximate surface area is 219 Å². The van der Waals surface area contributed by atoms with E-state index in [0.29, 0.717) is 26.9 Å². The average Bonchev–Trinajstić information content (AvgIpc) is 2.77. The zero-order valence-electron chi connectivity index (χ0n) is 19.8. The highest BCUT2D eigenvalue weighted by molar-refractivity contribution is 7.92. The Hall–Kier alpha value is -3.40. The van der Waals surface area contributed by atoms with Crippen molar-refractivity contribution in [3.63, 3.8) is 0 Å². The minimum absolute atomic E-state index is 0.128. The van der Waals surface area contributed by atoms with Crippen molar-refractivity contribution in [2.24, 2.45) is 4.36 Å². The van der Waals surface area contributed by atoms with E-state index >= 15 is 0 Å². The van der Waals surface area contributed by atoms with Gasteiger partial charge in [-0.1, -0.05) is 41.4 Å². The minimum Gasteiger partial charge on any atom is -0.507 e. The number of hydrogen-bond acceptors (Lipinski definition) is 5. The standard InChI is InChI=1S/C25H23Cl2N3O5S/c1-30(2)25(34)19-13-22(31)20(24(33)29-36(3,4)35)12-18(19)23(32)28-16-7-5-6-14(10-16)17-9-8-15(26)11-21(17)27/h5-13,31H,1-4H3,(H,28,32). The van der Waals surface area contributed by atoms with Gasteiger partial charge in [-0.15, -0.1) is 0 Å². The van der Waals surface area contributed by atoms with E-state index in [1.165, 1.54) is 31.5 Å². The summed E-state index contributed by atoms with van der Waals surface area (Å²) in [5, 5.41) is 14.0. The van der Waals surface area contributed by atoms with Crippen LogP contribution < -0.4 is 5.32 Å². The number of rotatable bonds is 5. The molecule has 8 nitrogen and oxygen atoms in total. The summed E-state index contributed by atoms with van der Waals surface area (Å²) in [5.74, 6) is -2.81. The molecular formula is C25H23Cl2N3O5S. The number of phenols is 1. The highest BCUT2D eigenvalue weighted by Gasteiger charge is 2.24. The molecule has 0 unspecified atom stereocenters. The predicted octanol–water partition coefficient (Wildman–Crippen LogP) is 5.19. The highest BCUT2D eigenvalue weighted by Crippen LogP contribution is 2.32. The van der Waals surface area contributed by atoms with E-state index in [9.17, 15) is 23.7 Å². The van der Waals surface area contributed by atoms with Crippen LogP contribution in [0, 0.1) is 0 Å². The first-order valence-electron chi connectivity index (χ1n) is 10.4. The van der Waals surface area contributed by atoms with Gasteiger partial charge in [-0.05, 0) is 42.0 Å².